The number of halogens is 1. The molecule has 0 bridgehead atoms. The highest BCUT2D eigenvalue weighted by Crippen LogP contribution is 2.38. The maximum atomic E-state index is 13.6. The van der Waals surface area contributed by atoms with Crippen LogP contribution in [0.4, 0.5) is 5.69 Å². The van der Waals surface area contributed by atoms with Crippen molar-refractivity contribution in [2.75, 3.05) is 11.4 Å². The number of fused-ring (bicyclic) bond motifs is 1. The fourth-order valence-electron chi connectivity index (χ4n) is 4.25. The maximum Gasteiger partial charge on any atom is 0.278 e. The summed E-state index contributed by atoms with van der Waals surface area (Å²) < 4.78 is 0. The normalized spacial score (nSPS) is 16.2. The van der Waals surface area contributed by atoms with Gasteiger partial charge in [-0.15, -0.1) is 0 Å². The van der Waals surface area contributed by atoms with E-state index in [0.717, 1.165) is 18.5 Å². The quantitative estimate of drug-likeness (QED) is 0.574. The molecule has 1 aromatic heterocycles. The van der Waals surface area contributed by atoms with Gasteiger partial charge in [-0.3, -0.25) is 19.5 Å². The number of imide groups is 1. The van der Waals surface area contributed by atoms with Crippen LogP contribution in [0.25, 0.3) is 5.57 Å². The molecular weight excluding hydrogens is 410 g/mol. The zero-order chi connectivity index (χ0) is 21.4. The first-order valence-electron chi connectivity index (χ1n) is 10.3. The van der Waals surface area contributed by atoms with Gasteiger partial charge in [0.05, 0.1) is 17.8 Å². The van der Waals surface area contributed by atoms with Crippen LogP contribution in [0.2, 0.25) is 5.02 Å². The Bertz CT molecular complexity index is 1190. The van der Waals surface area contributed by atoms with Crippen molar-refractivity contribution in [3.63, 3.8) is 0 Å². The molecule has 0 spiro atoms. The smallest absolute Gasteiger partial charge is 0.278 e. The van der Waals surface area contributed by atoms with E-state index in [2.05, 4.69) is 11.1 Å². The van der Waals surface area contributed by atoms with Crippen molar-refractivity contribution < 1.29 is 9.59 Å². The number of carbonyl (C=O) groups excluding carboxylic acids is 2. The molecule has 3 heterocycles. The van der Waals surface area contributed by atoms with Gasteiger partial charge in [0.15, 0.2) is 0 Å². The monoisotopic (exact) mass is 429 g/mol. The summed E-state index contributed by atoms with van der Waals surface area (Å²) in [5, 5.41) is 0.580. The van der Waals surface area contributed by atoms with Gasteiger partial charge in [-0.1, -0.05) is 48.0 Å². The molecule has 0 saturated heterocycles. The summed E-state index contributed by atoms with van der Waals surface area (Å²) in [7, 11) is 0. The summed E-state index contributed by atoms with van der Waals surface area (Å²) in [6.07, 6.45) is 3.53. The topological polar surface area (TPSA) is 53.5 Å². The van der Waals surface area contributed by atoms with Crippen LogP contribution in [0.3, 0.4) is 0 Å². The molecule has 0 radical (unpaired) electrons. The van der Waals surface area contributed by atoms with E-state index in [1.54, 1.807) is 30.5 Å². The molecular formula is C25H20ClN3O2. The average molecular weight is 430 g/mol. The lowest BCUT2D eigenvalue weighted by Crippen LogP contribution is -2.37. The van der Waals surface area contributed by atoms with Crippen LogP contribution >= 0.6 is 11.6 Å². The predicted octanol–water partition coefficient (Wildman–Crippen LogP) is 4.47. The van der Waals surface area contributed by atoms with Crippen LogP contribution in [0.15, 0.2) is 78.6 Å². The third-order valence-electron chi connectivity index (χ3n) is 5.70. The van der Waals surface area contributed by atoms with Gasteiger partial charge in [0.25, 0.3) is 11.8 Å². The number of hydrogen-bond acceptors (Lipinski definition) is 4. The number of nitrogens with zero attached hydrogens (tertiary/aromatic N) is 3. The molecule has 3 aromatic rings. The SMILES string of the molecule is O=C1C(c2ccc(Cl)cc2)=C(N2CCCc3ccccc32)C(=O)N1Cc1ccccn1. The molecule has 0 unspecified atom stereocenters. The van der Waals surface area contributed by atoms with Crippen molar-refractivity contribution in [1.82, 2.24) is 9.88 Å². The molecule has 5 nitrogen and oxygen atoms in total. The van der Waals surface area contributed by atoms with Gasteiger partial charge in [0.1, 0.15) is 5.70 Å². The summed E-state index contributed by atoms with van der Waals surface area (Å²) in [6.45, 7) is 0.814. The highest BCUT2D eigenvalue weighted by atomic mass is 35.5. The van der Waals surface area contributed by atoms with Crippen LogP contribution in [0, 0.1) is 0 Å². The van der Waals surface area contributed by atoms with E-state index in [0.29, 0.717) is 34.1 Å². The summed E-state index contributed by atoms with van der Waals surface area (Å²) in [6, 6.07) is 20.6. The number of benzene rings is 2. The van der Waals surface area contributed by atoms with Crippen LogP contribution in [-0.4, -0.2) is 28.2 Å². The predicted molar refractivity (Wildman–Crippen MR) is 120 cm³/mol. The summed E-state index contributed by atoms with van der Waals surface area (Å²) in [4.78, 5) is 34.8. The number of aryl methyl sites for hydroxylation is 1. The van der Waals surface area contributed by atoms with Gasteiger partial charge in [0.2, 0.25) is 0 Å². The van der Waals surface area contributed by atoms with Crippen LogP contribution in [-0.2, 0) is 22.6 Å². The first-order valence-corrected chi connectivity index (χ1v) is 10.6. The Balaban J connectivity index is 1.63. The lowest BCUT2D eigenvalue weighted by molar-refractivity contribution is -0.137. The molecule has 0 aliphatic carbocycles. The number of pyridine rings is 1. The van der Waals surface area contributed by atoms with E-state index < -0.39 is 0 Å². The van der Waals surface area contributed by atoms with E-state index in [1.165, 1.54) is 10.5 Å². The van der Waals surface area contributed by atoms with E-state index >= 15 is 0 Å². The van der Waals surface area contributed by atoms with Crippen LogP contribution in [0.1, 0.15) is 23.2 Å². The average Bonchev–Trinajstić information content (AvgIpc) is 3.04. The molecule has 2 aliphatic heterocycles. The lowest BCUT2D eigenvalue weighted by Gasteiger charge is -2.32. The molecule has 2 aromatic carbocycles. The zero-order valence-corrected chi connectivity index (χ0v) is 17.5. The van der Waals surface area contributed by atoms with Crippen LogP contribution in [0.5, 0.6) is 0 Å². The van der Waals surface area contributed by atoms with Crippen molar-refractivity contribution in [2.24, 2.45) is 0 Å². The number of carbonyl (C=O) groups is 2. The molecule has 0 fully saturated rings. The van der Waals surface area contributed by atoms with E-state index in [9.17, 15) is 9.59 Å². The zero-order valence-electron chi connectivity index (χ0n) is 16.8. The van der Waals surface area contributed by atoms with Gasteiger partial charge in [-0.2, -0.15) is 0 Å². The molecule has 2 amide bonds. The van der Waals surface area contributed by atoms with E-state index in [1.807, 2.05) is 41.3 Å². The number of hydrogen-bond donors (Lipinski definition) is 0. The first-order chi connectivity index (χ1) is 15.1. The number of amides is 2. The van der Waals surface area contributed by atoms with Gasteiger partial charge in [-0.25, -0.2) is 0 Å². The summed E-state index contributed by atoms with van der Waals surface area (Å²) in [5.74, 6) is -0.603. The standard InChI is InChI=1S/C25H20ClN3O2/c26-19-12-10-18(11-13-19)22-23(28-15-5-7-17-6-1-2-9-21(17)28)25(31)29(24(22)30)16-20-8-3-4-14-27-20/h1-4,6,8-14H,5,7,15-16H2. The molecule has 31 heavy (non-hydrogen) atoms. The van der Waals surface area contributed by atoms with Crippen molar-refractivity contribution in [3.8, 4) is 0 Å². The van der Waals surface area contributed by atoms with Crippen LogP contribution < -0.4 is 4.90 Å². The van der Waals surface area contributed by atoms with Crippen molar-refractivity contribution in [1.29, 1.82) is 0 Å². The van der Waals surface area contributed by atoms with Gasteiger partial charge >= 0.3 is 0 Å². The Hall–Kier alpha value is -3.44. The second-order valence-electron chi connectivity index (χ2n) is 7.63. The Morgan fingerprint density at radius 3 is 2.45 bits per heavy atom. The van der Waals surface area contributed by atoms with Gasteiger partial charge in [-0.05, 0) is 54.3 Å². The maximum absolute atomic E-state index is 13.6. The minimum atomic E-state index is -0.309. The van der Waals surface area contributed by atoms with E-state index in [-0.39, 0.29) is 18.4 Å². The van der Waals surface area contributed by atoms with Crippen molar-refractivity contribution in [2.45, 2.75) is 19.4 Å². The second-order valence-corrected chi connectivity index (χ2v) is 8.07. The Labute approximate surface area is 185 Å². The molecule has 0 N–H and O–H groups in total. The third-order valence-corrected chi connectivity index (χ3v) is 5.95. The third kappa shape index (κ3) is 3.51. The summed E-state index contributed by atoms with van der Waals surface area (Å²) in [5.41, 5.74) is 4.35. The van der Waals surface area contributed by atoms with E-state index in [4.69, 9.17) is 11.6 Å². The molecule has 2 aliphatic rings. The van der Waals surface area contributed by atoms with Gasteiger partial charge in [0, 0.05) is 23.5 Å². The Morgan fingerprint density at radius 2 is 1.68 bits per heavy atom. The largest absolute Gasteiger partial charge is 0.336 e. The molecule has 5 rings (SSSR count). The number of anilines is 1. The number of rotatable bonds is 4. The number of para-hydroxylation sites is 1. The highest BCUT2D eigenvalue weighted by molar-refractivity contribution is 6.37. The Kier molecular flexibility index (Phi) is 5.04. The minimum absolute atomic E-state index is 0.134. The molecule has 154 valence electrons. The molecule has 6 heteroatoms. The Morgan fingerprint density at radius 1 is 0.903 bits per heavy atom. The fourth-order valence-corrected chi connectivity index (χ4v) is 4.38. The van der Waals surface area contributed by atoms with Crippen molar-refractivity contribution in [3.05, 3.63) is 100 Å². The van der Waals surface area contributed by atoms with Gasteiger partial charge < -0.3 is 4.90 Å². The summed E-state index contributed by atoms with van der Waals surface area (Å²) >= 11 is 6.07. The second kappa shape index (κ2) is 8.00. The number of aromatic nitrogens is 1. The highest BCUT2D eigenvalue weighted by Gasteiger charge is 2.42. The first kappa shape index (κ1) is 19.5. The lowest BCUT2D eigenvalue weighted by atomic mass is 9.98. The molecule has 0 atom stereocenters. The molecule has 0 saturated carbocycles. The van der Waals surface area contributed by atoms with Crippen molar-refractivity contribution >= 4 is 34.7 Å². The minimum Gasteiger partial charge on any atom is -0.336 e. The fraction of sp³-hybridized carbons (Fsp3) is 0.160.